The molecule has 0 saturated carbocycles. The van der Waals surface area contributed by atoms with Crippen molar-refractivity contribution < 1.29 is 4.74 Å². The van der Waals surface area contributed by atoms with Gasteiger partial charge in [0, 0.05) is 23.1 Å². The lowest BCUT2D eigenvalue weighted by Gasteiger charge is -2.34. The highest BCUT2D eigenvalue weighted by atomic mass is 16.5. The SMILES string of the molecule is CCc1cc2c(c(C(C)(C)C)c1)OCC(C)C2N. The molecular weight excluding hydrogens is 222 g/mol. The third kappa shape index (κ3) is 2.26. The smallest absolute Gasteiger partial charge is 0.127 e. The van der Waals surface area contributed by atoms with E-state index in [1.54, 1.807) is 0 Å². The first-order chi connectivity index (χ1) is 8.34. The van der Waals surface area contributed by atoms with Crippen LogP contribution in [0.25, 0.3) is 0 Å². The summed E-state index contributed by atoms with van der Waals surface area (Å²) in [5.41, 5.74) is 10.3. The molecule has 0 saturated heterocycles. The molecule has 1 heterocycles. The van der Waals surface area contributed by atoms with Crippen LogP contribution in [-0.2, 0) is 11.8 Å². The van der Waals surface area contributed by atoms with Gasteiger partial charge in [0.25, 0.3) is 0 Å². The Labute approximate surface area is 111 Å². The van der Waals surface area contributed by atoms with Gasteiger partial charge in [-0.3, -0.25) is 0 Å². The second kappa shape index (κ2) is 4.58. The Bertz CT molecular complexity index is 445. The largest absolute Gasteiger partial charge is 0.493 e. The Balaban J connectivity index is 2.62. The minimum atomic E-state index is 0.0928. The molecule has 0 bridgehead atoms. The lowest BCUT2D eigenvalue weighted by molar-refractivity contribution is 0.202. The summed E-state index contributed by atoms with van der Waals surface area (Å²) in [4.78, 5) is 0. The molecule has 1 aliphatic rings. The van der Waals surface area contributed by atoms with E-state index in [1.165, 1.54) is 16.7 Å². The van der Waals surface area contributed by atoms with Crippen LogP contribution in [0, 0.1) is 5.92 Å². The second-order valence-corrected chi connectivity index (χ2v) is 6.48. The fourth-order valence-corrected chi connectivity index (χ4v) is 2.51. The molecule has 2 N–H and O–H groups in total. The van der Waals surface area contributed by atoms with E-state index in [2.05, 4.69) is 46.8 Å². The zero-order valence-corrected chi connectivity index (χ0v) is 12.2. The summed E-state index contributed by atoms with van der Waals surface area (Å²) in [6.07, 6.45) is 1.04. The Kier molecular flexibility index (Phi) is 3.41. The van der Waals surface area contributed by atoms with Crippen molar-refractivity contribution in [1.82, 2.24) is 0 Å². The van der Waals surface area contributed by atoms with Gasteiger partial charge in [-0.25, -0.2) is 0 Å². The van der Waals surface area contributed by atoms with Gasteiger partial charge in [0.05, 0.1) is 6.61 Å². The van der Waals surface area contributed by atoms with Crippen molar-refractivity contribution >= 4 is 0 Å². The third-order valence-electron chi connectivity index (χ3n) is 3.86. The van der Waals surface area contributed by atoms with Crippen molar-refractivity contribution in [3.05, 3.63) is 28.8 Å². The van der Waals surface area contributed by atoms with E-state index < -0.39 is 0 Å². The van der Waals surface area contributed by atoms with Gasteiger partial charge in [-0.1, -0.05) is 46.8 Å². The van der Waals surface area contributed by atoms with Crippen molar-refractivity contribution in [2.75, 3.05) is 6.61 Å². The number of hydrogen-bond donors (Lipinski definition) is 1. The molecule has 1 aromatic carbocycles. The van der Waals surface area contributed by atoms with Gasteiger partial charge in [-0.05, 0) is 17.4 Å². The van der Waals surface area contributed by atoms with Crippen LogP contribution in [0.1, 0.15) is 57.4 Å². The summed E-state index contributed by atoms with van der Waals surface area (Å²) in [6.45, 7) is 11.8. The van der Waals surface area contributed by atoms with Crippen molar-refractivity contribution in [2.24, 2.45) is 11.7 Å². The second-order valence-electron chi connectivity index (χ2n) is 6.48. The Morgan fingerprint density at radius 1 is 1.33 bits per heavy atom. The van der Waals surface area contributed by atoms with Crippen LogP contribution in [0.15, 0.2) is 12.1 Å². The predicted molar refractivity (Wildman–Crippen MR) is 76.1 cm³/mol. The third-order valence-corrected chi connectivity index (χ3v) is 3.86. The van der Waals surface area contributed by atoms with Crippen LogP contribution in [0.2, 0.25) is 0 Å². The van der Waals surface area contributed by atoms with Gasteiger partial charge >= 0.3 is 0 Å². The van der Waals surface area contributed by atoms with Crippen molar-refractivity contribution in [3.8, 4) is 5.75 Å². The summed E-state index contributed by atoms with van der Waals surface area (Å²) in [5.74, 6) is 1.42. The minimum Gasteiger partial charge on any atom is -0.493 e. The van der Waals surface area contributed by atoms with E-state index in [4.69, 9.17) is 10.5 Å². The van der Waals surface area contributed by atoms with Gasteiger partial charge in [0.1, 0.15) is 5.75 Å². The molecule has 1 aliphatic heterocycles. The Morgan fingerprint density at radius 2 is 2.00 bits per heavy atom. The highest BCUT2D eigenvalue weighted by molar-refractivity contribution is 5.50. The molecule has 1 aromatic rings. The van der Waals surface area contributed by atoms with Crippen LogP contribution < -0.4 is 10.5 Å². The average Bonchev–Trinajstić information content (AvgIpc) is 2.31. The number of aryl methyl sites for hydroxylation is 1. The summed E-state index contributed by atoms with van der Waals surface area (Å²) in [7, 11) is 0. The number of hydrogen-bond acceptors (Lipinski definition) is 2. The van der Waals surface area contributed by atoms with Crippen molar-refractivity contribution in [1.29, 1.82) is 0 Å². The lowest BCUT2D eigenvalue weighted by Crippen LogP contribution is -2.31. The summed E-state index contributed by atoms with van der Waals surface area (Å²) in [6, 6.07) is 4.60. The molecule has 0 aromatic heterocycles. The quantitative estimate of drug-likeness (QED) is 0.823. The number of ether oxygens (including phenoxy) is 1. The number of nitrogens with two attached hydrogens (primary N) is 1. The molecular formula is C16H25NO. The molecule has 0 spiro atoms. The van der Waals surface area contributed by atoms with E-state index in [0.29, 0.717) is 5.92 Å². The lowest BCUT2D eigenvalue weighted by atomic mass is 9.80. The van der Waals surface area contributed by atoms with Crippen molar-refractivity contribution in [2.45, 2.75) is 52.5 Å². The molecule has 0 aliphatic carbocycles. The number of fused-ring (bicyclic) bond motifs is 1. The molecule has 0 amide bonds. The normalized spacial score (nSPS) is 23.4. The fraction of sp³-hybridized carbons (Fsp3) is 0.625. The number of rotatable bonds is 1. The van der Waals surface area contributed by atoms with Crippen LogP contribution in [0.4, 0.5) is 0 Å². The van der Waals surface area contributed by atoms with Gasteiger partial charge in [-0.2, -0.15) is 0 Å². The molecule has 18 heavy (non-hydrogen) atoms. The molecule has 2 heteroatoms. The Hall–Kier alpha value is -1.02. The topological polar surface area (TPSA) is 35.2 Å². The van der Waals surface area contributed by atoms with Gasteiger partial charge in [0.2, 0.25) is 0 Å². The molecule has 0 fully saturated rings. The first-order valence-corrected chi connectivity index (χ1v) is 6.90. The van der Waals surface area contributed by atoms with Gasteiger partial charge in [-0.15, -0.1) is 0 Å². The molecule has 100 valence electrons. The molecule has 2 unspecified atom stereocenters. The monoisotopic (exact) mass is 247 g/mol. The summed E-state index contributed by atoms with van der Waals surface area (Å²) < 4.78 is 5.98. The van der Waals surface area contributed by atoms with Gasteiger partial charge < -0.3 is 10.5 Å². The van der Waals surface area contributed by atoms with E-state index >= 15 is 0 Å². The van der Waals surface area contributed by atoms with E-state index in [0.717, 1.165) is 18.8 Å². The molecule has 2 atom stereocenters. The maximum Gasteiger partial charge on any atom is 0.127 e. The van der Waals surface area contributed by atoms with Crippen LogP contribution in [0.5, 0.6) is 5.75 Å². The van der Waals surface area contributed by atoms with Crippen molar-refractivity contribution in [3.63, 3.8) is 0 Å². The van der Waals surface area contributed by atoms with Crippen LogP contribution in [-0.4, -0.2) is 6.61 Å². The maximum atomic E-state index is 6.35. The highest BCUT2D eigenvalue weighted by Crippen LogP contribution is 2.42. The predicted octanol–water partition coefficient (Wildman–Crippen LogP) is 3.57. The molecule has 2 rings (SSSR count). The minimum absolute atomic E-state index is 0.0928. The fourth-order valence-electron chi connectivity index (χ4n) is 2.51. The van der Waals surface area contributed by atoms with Gasteiger partial charge in [0.15, 0.2) is 0 Å². The average molecular weight is 247 g/mol. The molecule has 0 radical (unpaired) electrons. The number of benzene rings is 1. The maximum absolute atomic E-state index is 6.35. The van der Waals surface area contributed by atoms with E-state index in [1.807, 2.05) is 0 Å². The summed E-state index contributed by atoms with van der Waals surface area (Å²) >= 11 is 0. The zero-order valence-electron chi connectivity index (χ0n) is 12.2. The summed E-state index contributed by atoms with van der Waals surface area (Å²) in [5, 5.41) is 0. The Morgan fingerprint density at radius 3 is 2.56 bits per heavy atom. The standard InChI is InChI=1S/C16H25NO/c1-6-11-7-12-14(17)10(2)9-18-15(12)13(8-11)16(3,4)5/h7-8,10,14H,6,9,17H2,1-5H3. The van der Waals surface area contributed by atoms with Crippen LogP contribution >= 0.6 is 0 Å². The first kappa shape index (κ1) is 13.4. The highest BCUT2D eigenvalue weighted by Gasteiger charge is 2.30. The first-order valence-electron chi connectivity index (χ1n) is 6.90. The van der Waals surface area contributed by atoms with Crippen LogP contribution in [0.3, 0.4) is 0 Å². The zero-order chi connectivity index (χ0) is 13.5. The van der Waals surface area contributed by atoms with E-state index in [-0.39, 0.29) is 11.5 Å². The van der Waals surface area contributed by atoms with E-state index in [9.17, 15) is 0 Å². The molecule has 2 nitrogen and oxygen atoms in total.